The third-order valence-electron chi connectivity index (χ3n) is 2.47. The Balaban J connectivity index is 2.62. The van der Waals surface area contributed by atoms with Gasteiger partial charge in [0.15, 0.2) is 17.8 Å². The van der Waals surface area contributed by atoms with Crippen LogP contribution in [0, 0.1) is 0 Å². The molecule has 0 N–H and O–H groups in total. The molecular weight excluding hydrogens is 236 g/mol. The van der Waals surface area contributed by atoms with Gasteiger partial charge in [0, 0.05) is 16.0 Å². The van der Waals surface area contributed by atoms with Crippen LogP contribution in [-0.4, -0.2) is 20.5 Å². The van der Waals surface area contributed by atoms with Gasteiger partial charge in [-0.05, 0) is 23.6 Å². The molecule has 0 fully saturated rings. The summed E-state index contributed by atoms with van der Waals surface area (Å²) >= 11 is 1.58. The first-order chi connectivity index (χ1) is 8.30. The Bertz CT molecular complexity index is 518. The second-order valence-electron chi connectivity index (χ2n) is 3.39. The van der Waals surface area contributed by atoms with Gasteiger partial charge >= 0.3 is 0 Å². The van der Waals surface area contributed by atoms with Crippen LogP contribution in [0.15, 0.2) is 29.6 Å². The van der Waals surface area contributed by atoms with E-state index in [4.69, 9.17) is 9.47 Å². The Hall–Kier alpha value is -1.81. The summed E-state index contributed by atoms with van der Waals surface area (Å²) in [6.07, 6.45) is 0.830. The van der Waals surface area contributed by atoms with Crippen LogP contribution in [0.1, 0.15) is 10.4 Å². The van der Waals surface area contributed by atoms with E-state index in [1.54, 1.807) is 31.6 Å². The molecule has 2 aromatic rings. The van der Waals surface area contributed by atoms with Crippen molar-refractivity contribution in [3.05, 3.63) is 35.2 Å². The number of ether oxygens (including phenoxy) is 2. The highest BCUT2D eigenvalue weighted by atomic mass is 32.1. The number of thiophene rings is 1. The fourth-order valence-electron chi connectivity index (χ4n) is 1.64. The molecule has 0 aliphatic heterocycles. The van der Waals surface area contributed by atoms with Gasteiger partial charge in [0.2, 0.25) is 0 Å². The average molecular weight is 248 g/mol. The van der Waals surface area contributed by atoms with Gasteiger partial charge in [-0.3, -0.25) is 4.79 Å². The van der Waals surface area contributed by atoms with Crippen LogP contribution in [0.4, 0.5) is 0 Å². The molecule has 0 amide bonds. The van der Waals surface area contributed by atoms with Crippen molar-refractivity contribution < 1.29 is 14.3 Å². The van der Waals surface area contributed by atoms with Gasteiger partial charge in [-0.1, -0.05) is 6.07 Å². The van der Waals surface area contributed by atoms with Crippen LogP contribution in [0.5, 0.6) is 11.5 Å². The maximum atomic E-state index is 11.1. The van der Waals surface area contributed by atoms with Crippen LogP contribution >= 0.6 is 11.3 Å². The van der Waals surface area contributed by atoms with Crippen molar-refractivity contribution in [2.75, 3.05) is 14.2 Å². The van der Waals surface area contributed by atoms with Crippen molar-refractivity contribution >= 4 is 17.6 Å². The Morgan fingerprint density at radius 1 is 1.18 bits per heavy atom. The third-order valence-corrected chi connectivity index (χ3v) is 3.37. The Morgan fingerprint density at radius 2 is 1.88 bits per heavy atom. The van der Waals surface area contributed by atoms with Gasteiger partial charge < -0.3 is 9.47 Å². The van der Waals surface area contributed by atoms with E-state index in [-0.39, 0.29) is 0 Å². The number of carbonyl (C=O) groups excluding carboxylic acids is 1. The highest BCUT2D eigenvalue weighted by Crippen LogP contribution is 2.36. The minimum atomic E-state index is 0.565. The summed E-state index contributed by atoms with van der Waals surface area (Å²) in [4.78, 5) is 12.1. The average Bonchev–Trinajstić information content (AvgIpc) is 2.90. The maximum absolute atomic E-state index is 11.1. The molecule has 1 aromatic carbocycles. The van der Waals surface area contributed by atoms with Crippen molar-refractivity contribution in [1.29, 1.82) is 0 Å². The zero-order valence-electron chi connectivity index (χ0n) is 9.60. The van der Waals surface area contributed by atoms with Gasteiger partial charge in [-0.2, -0.15) is 0 Å². The summed E-state index contributed by atoms with van der Waals surface area (Å²) in [6, 6.07) is 7.44. The predicted molar refractivity (Wildman–Crippen MR) is 68.2 cm³/mol. The maximum Gasteiger partial charge on any atom is 0.161 e. The van der Waals surface area contributed by atoms with Crippen LogP contribution in [0.2, 0.25) is 0 Å². The molecule has 88 valence electrons. The molecule has 1 aromatic heterocycles. The molecular formula is C13H12O3S. The lowest BCUT2D eigenvalue weighted by atomic mass is 10.1. The lowest BCUT2D eigenvalue weighted by molar-refractivity contribution is 0.112. The highest BCUT2D eigenvalue weighted by Gasteiger charge is 2.12. The first-order valence-electron chi connectivity index (χ1n) is 5.05. The molecule has 0 bridgehead atoms. The van der Waals surface area contributed by atoms with E-state index in [0.717, 1.165) is 16.7 Å². The number of hydrogen-bond acceptors (Lipinski definition) is 4. The Labute approximate surface area is 104 Å². The third kappa shape index (κ3) is 2.17. The van der Waals surface area contributed by atoms with Gasteiger partial charge in [-0.25, -0.2) is 0 Å². The molecule has 0 saturated heterocycles. The summed E-state index contributed by atoms with van der Waals surface area (Å²) in [6.45, 7) is 0. The molecule has 0 aliphatic carbocycles. The number of aldehydes is 1. The van der Waals surface area contributed by atoms with E-state index in [1.165, 1.54) is 0 Å². The zero-order valence-corrected chi connectivity index (χ0v) is 10.4. The van der Waals surface area contributed by atoms with Crippen LogP contribution in [-0.2, 0) is 0 Å². The second-order valence-corrected chi connectivity index (χ2v) is 4.34. The first kappa shape index (κ1) is 11.7. The van der Waals surface area contributed by atoms with E-state index in [1.807, 2.05) is 23.6 Å². The topological polar surface area (TPSA) is 35.5 Å². The largest absolute Gasteiger partial charge is 0.493 e. The zero-order chi connectivity index (χ0) is 12.3. The summed E-state index contributed by atoms with van der Waals surface area (Å²) in [5, 5.41) is 1.97. The van der Waals surface area contributed by atoms with Crippen molar-refractivity contribution in [1.82, 2.24) is 0 Å². The lowest BCUT2D eigenvalue weighted by Gasteiger charge is -2.11. The fraction of sp³-hybridized carbons (Fsp3) is 0.154. The van der Waals surface area contributed by atoms with E-state index in [9.17, 15) is 4.79 Å². The molecule has 1 heterocycles. The summed E-state index contributed by atoms with van der Waals surface area (Å²) in [7, 11) is 3.13. The normalized spacial score (nSPS) is 10.0. The van der Waals surface area contributed by atoms with Gasteiger partial charge in [0.05, 0.1) is 14.2 Å². The van der Waals surface area contributed by atoms with Crippen LogP contribution in [0.25, 0.3) is 10.4 Å². The number of methoxy groups -OCH3 is 2. The van der Waals surface area contributed by atoms with Crippen LogP contribution < -0.4 is 9.47 Å². The first-order valence-corrected chi connectivity index (χ1v) is 5.93. The smallest absolute Gasteiger partial charge is 0.161 e. The fourth-order valence-corrected chi connectivity index (χ4v) is 2.40. The highest BCUT2D eigenvalue weighted by molar-refractivity contribution is 7.13. The summed E-state index contributed by atoms with van der Waals surface area (Å²) in [5.74, 6) is 1.19. The Kier molecular flexibility index (Phi) is 3.44. The van der Waals surface area contributed by atoms with Crippen molar-refractivity contribution in [3.63, 3.8) is 0 Å². The second kappa shape index (κ2) is 5.01. The molecule has 0 radical (unpaired) electrons. The quantitative estimate of drug-likeness (QED) is 0.779. The van der Waals surface area contributed by atoms with Gasteiger partial charge in [-0.15, -0.1) is 11.3 Å². The van der Waals surface area contributed by atoms with Crippen molar-refractivity contribution in [2.24, 2.45) is 0 Å². The number of hydrogen-bond donors (Lipinski definition) is 0. The minimum absolute atomic E-state index is 0.565. The van der Waals surface area contributed by atoms with Crippen LogP contribution in [0.3, 0.4) is 0 Å². The molecule has 17 heavy (non-hydrogen) atoms. The minimum Gasteiger partial charge on any atom is -0.493 e. The number of rotatable bonds is 4. The molecule has 3 nitrogen and oxygen atoms in total. The SMILES string of the molecule is COc1cc(C=O)c(-c2cccs2)cc1OC. The lowest BCUT2D eigenvalue weighted by Crippen LogP contribution is -1.94. The predicted octanol–water partition coefficient (Wildman–Crippen LogP) is 3.24. The van der Waals surface area contributed by atoms with E-state index in [0.29, 0.717) is 17.1 Å². The van der Waals surface area contributed by atoms with Gasteiger partial charge in [0.25, 0.3) is 0 Å². The molecule has 0 spiro atoms. The molecule has 0 atom stereocenters. The van der Waals surface area contributed by atoms with E-state index in [2.05, 4.69) is 0 Å². The van der Waals surface area contributed by atoms with Crippen molar-refractivity contribution in [3.8, 4) is 21.9 Å². The number of benzene rings is 1. The van der Waals surface area contributed by atoms with Crippen molar-refractivity contribution in [2.45, 2.75) is 0 Å². The standard InChI is InChI=1S/C13H12O3S/c1-15-11-6-9(8-14)10(7-12(11)16-2)13-4-3-5-17-13/h3-8H,1-2H3. The molecule has 0 saturated carbocycles. The van der Waals surface area contributed by atoms with E-state index >= 15 is 0 Å². The monoisotopic (exact) mass is 248 g/mol. The molecule has 0 aliphatic rings. The summed E-state index contributed by atoms with van der Waals surface area (Å²) < 4.78 is 10.4. The number of carbonyl (C=O) groups is 1. The molecule has 0 unspecified atom stereocenters. The van der Waals surface area contributed by atoms with Gasteiger partial charge in [0.1, 0.15) is 0 Å². The molecule has 4 heteroatoms. The Morgan fingerprint density at radius 3 is 2.41 bits per heavy atom. The molecule has 2 rings (SSSR count). The summed E-state index contributed by atoms with van der Waals surface area (Å²) in [5.41, 5.74) is 1.47. The van der Waals surface area contributed by atoms with E-state index < -0.39 is 0 Å².